The molecule has 2 N–H and O–H groups in total. The number of nitrogens with zero attached hydrogens (tertiary/aromatic N) is 3. The minimum absolute atomic E-state index is 0.126. The van der Waals surface area contributed by atoms with Crippen LogP contribution in [-0.4, -0.2) is 55.6 Å². The Morgan fingerprint density at radius 2 is 1.82 bits per heavy atom. The van der Waals surface area contributed by atoms with Crippen molar-refractivity contribution in [1.82, 2.24) is 14.9 Å². The summed E-state index contributed by atoms with van der Waals surface area (Å²) < 4.78 is 8.46. The lowest BCUT2D eigenvalue weighted by Crippen LogP contribution is -2.29. The summed E-state index contributed by atoms with van der Waals surface area (Å²) in [5.41, 5.74) is 11.5. The first-order valence-electron chi connectivity index (χ1n) is 16.8. The minimum Gasteiger partial charge on any atom is -0.494 e. The van der Waals surface area contributed by atoms with Crippen molar-refractivity contribution in [3.63, 3.8) is 0 Å². The maximum Gasteiger partial charge on any atom is 0.119 e. The number of aromatic nitrogens is 1. The molecule has 0 saturated carbocycles. The van der Waals surface area contributed by atoms with E-state index in [1.54, 1.807) is 0 Å². The maximum absolute atomic E-state index is 7.10. The summed E-state index contributed by atoms with van der Waals surface area (Å²) in [7, 11) is 7.92. The van der Waals surface area contributed by atoms with Gasteiger partial charge >= 0.3 is 0 Å². The number of rotatable bonds is 15. The Morgan fingerprint density at radius 3 is 2.45 bits per heavy atom. The van der Waals surface area contributed by atoms with Crippen molar-refractivity contribution in [2.24, 2.45) is 12.1 Å². The highest BCUT2D eigenvalue weighted by Crippen LogP contribution is 2.41. The van der Waals surface area contributed by atoms with Gasteiger partial charge in [0.1, 0.15) is 5.75 Å². The van der Waals surface area contributed by atoms with Gasteiger partial charge in [-0.2, -0.15) is 5.10 Å². The molecular weight excluding hydrogens is 649 g/mol. The van der Waals surface area contributed by atoms with E-state index in [1.807, 2.05) is 78.1 Å². The molecule has 4 rings (SSSR count). The van der Waals surface area contributed by atoms with Gasteiger partial charge in [-0.3, -0.25) is 0 Å². The van der Waals surface area contributed by atoms with Gasteiger partial charge in [-0.1, -0.05) is 60.1 Å². The Labute approximate surface area is 303 Å². The van der Waals surface area contributed by atoms with Crippen LogP contribution in [0, 0.1) is 13.8 Å². The second-order valence-corrected chi connectivity index (χ2v) is 13.6. The van der Waals surface area contributed by atoms with Crippen LogP contribution in [0.3, 0.4) is 0 Å². The Balaban J connectivity index is 1.88. The number of aryl methyl sites for hydroxylation is 3. The van der Waals surface area contributed by atoms with Crippen molar-refractivity contribution >= 4 is 68.8 Å². The van der Waals surface area contributed by atoms with Gasteiger partial charge in [0.2, 0.25) is 0 Å². The van der Waals surface area contributed by atoms with Gasteiger partial charge in [-0.15, -0.1) is 0 Å². The number of halogens is 2. The topological polar surface area (TPSA) is 53.8 Å². The summed E-state index contributed by atoms with van der Waals surface area (Å²) in [6.07, 6.45) is 10.1. The van der Waals surface area contributed by atoms with Gasteiger partial charge in [0, 0.05) is 78.1 Å². The fraction of sp³-hybridized carbons (Fsp3) is 0.341. The van der Waals surface area contributed by atoms with Crippen molar-refractivity contribution in [3.05, 3.63) is 105 Å². The fourth-order valence-corrected chi connectivity index (χ4v) is 6.71. The monoisotopic (exact) mass is 699 g/mol. The van der Waals surface area contributed by atoms with Crippen molar-refractivity contribution < 1.29 is 4.74 Å². The number of likely N-dealkylation sites (N-methyl/N-ethyl adjacent to an activating group) is 1. The van der Waals surface area contributed by atoms with E-state index in [-0.39, 0.29) is 6.04 Å². The lowest BCUT2D eigenvalue weighted by atomic mass is 9.90. The molecule has 49 heavy (non-hydrogen) atoms. The molecular formula is C41H51Cl2N5O. The number of hydrogen-bond donors (Lipinski definition) is 2. The van der Waals surface area contributed by atoms with Crippen LogP contribution < -0.4 is 15.4 Å². The third-order valence-electron chi connectivity index (χ3n) is 8.58. The summed E-state index contributed by atoms with van der Waals surface area (Å²) >= 11 is 13.5. The van der Waals surface area contributed by atoms with E-state index in [0.717, 1.165) is 86.0 Å². The van der Waals surface area contributed by atoms with E-state index < -0.39 is 0 Å². The van der Waals surface area contributed by atoms with Gasteiger partial charge in [0.15, 0.2) is 0 Å². The van der Waals surface area contributed by atoms with E-state index in [0.29, 0.717) is 11.6 Å². The summed E-state index contributed by atoms with van der Waals surface area (Å²) in [6.45, 7) is 15.6. The van der Waals surface area contributed by atoms with Gasteiger partial charge in [-0.25, -0.2) is 0 Å². The molecule has 0 saturated heterocycles. The Morgan fingerprint density at radius 1 is 1.10 bits per heavy atom. The number of hydrogen-bond acceptors (Lipinski definition) is 5. The predicted molar refractivity (Wildman–Crippen MR) is 215 cm³/mol. The summed E-state index contributed by atoms with van der Waals surface area (Å²) in [6, 6.07) is 14.8. The van der Waals surface area contributed by atoms with Crippen LogP contribution in [0.2, 0.25) is 10.0 Å². The van der Waals surface area contributed by atoms with Crippen LogP contribution in [-0.2, 0) is 7.05 Å². The van der Waals surface area contributed by atoms with Crippen molar-refractivity contribution in [1.29, 1.82) is 0 Å². The number of ether oxygens (including phenoxy) is 1. The Bertz CT molecular complexity index is 1880. The highest BCUT2D eigenvalue weighted by atomic mass is 35.5. The molecule has 6 nitrogen and oxygen atoms in total. The SMILES string of the molecule is C=Cc1ccc2c(/C=C(\CCCOc3cc(C)c(Cl)c(C)c3)c3ccc(Cl)c(C(=C\C)/C(C)=N\N(C)C)c3N[C@H](C)CNC)cn(C)c2c1. The lowest BCUT2D eigenvalue weighted by Gasteiger charge is -2.25. The van der Waals surface area contributed by atoms with Crippen LogP contribution >= 0.6 is 23.2 Å². The van der Waals surface area contributed by atoms with Gasteiger partial charge in [0.05, 0.1) is 23.0 Å². The first kappa shape index (κ1) is 37.8. The number of nitrogens with one attached hydrogen (secondary N) is 2. The number of allylic oxidation sites excluding steroid dienone is 3. The smallest absolute Gasteiger partial charge is 0.119 e. The molecule has 4 aromatic rings. The minimum atomic E-state index is 0.126. The molecule has 1 atom stereocenters. The van der Waals surface area contributed by atoms with E-state index in [4.69, 9.17) is 33.0 Å². The second-order valence-electron chi connectivity index (χ2n) is 12.9. The Kier molecular flexibility index (Phi) is 13.2. The van der Waals surface area contributed by atoms with Gasteiger partial charge < -0.3 is 24.9 Å². The van der Waals surface area contributed by atoms with E-state index in [2.05, 4.69) is 78.4 Å². The fourth-order valence-electron chi connectivity index (χ4n) is 6.34. The molecule has 8 heteroatoms. The number of benzene rings is 3. The zero-order valence-corrected chi connectivity index (χ0v) is 32.0. The summed E-state index contributed by atoms with van der Waals surface area (Å²) in [5, 5.41) is 16.4. The number of fused-ring (bicyclic) bond motifs is 1. The highest BCUT2D eigenvalue weighted by Gasteiger charge is 2.22. The lowest BCUT2D eigenvalue weighted by molar-refractivity contribution is 0.312. The highest BCUT2D eigenvalue weighted by molar-refractivity contribution is 6.36. The normalized spacial score (nSPS) is 13.2. The average molecular weight is 701 g/mol. The first-order valence-corrected chi connectivity index (χ1v) is 17.6. The zero-order valence-electron chi connectivity index (χ0n) is 30.5. The third-order valence-corrected chi connectivity index (χ3v) is 9.49. The zero-order chi connectivity index (χ0) is 35.8. The second kappa shape index (κ2) is 17.1. The van der Waals surface area contributed by atoms with Crippen LogP contribution in [0.25, 0.3) is 34.2 Å². The molecule has 0 radical (unpaired) electrons. The standard InChI is InChI=1S/C41H51Cl2N5O/c1-11-30-15-16-35-32(25-48(10)38(35)22-30)23-31(14-13-19-49-33-20-26(3)40(43)27(4)21-33)36-17-18-37(42)39(41(36)45-28(5)24-44-7)34(12-2)29(6)46-47(8)9/h11-12,15-18,20-23,25,28,44-45H,1,13-14,19,24H2,2-10H3/b31-23+,34-12-,46-29-/t28-/m1/s1. The molecule has 0 unspecified atom stereocenters. The molecule has 0 aliphatic carbocycles. The van der Waals surface area contributed by atoms with E-state index in [9.17, 15) is 0 Å². The first-order chi connectivity index (χ1) is 23.4. The van der Waals surface area contributed by atoms with Crippen LogP contribution in [0.5, 0.6) is 5.75 Å². The van der Waals surface area contributed by atoms with Crippen molar-refractivity contribution in [2.75, 3.05) is 39.6 Å². The molecule has 0 amide bonds. The van der Waals surface area contributed by atoms with Crippen LogP contribution in [0.15, 0.2) is 66.4 Å². The molecule has 0 aliphatic rings. The largest absolute Gasteiger partial charge is 0.494 e. The number of anilines is 1. The molecule has 0 aliphatic heterocycles. The van der Waals surface area contributed by atoms with Crippen LogP contribution in [0.4, 0.5) is 5.69 Å². The molecule has 1 heterocycles. The summed E-state index contributed by atoms with van der Waals surface area (Å²) in [5.74, 6) is 0.836. The average Bonchev–Trinajstić information content (AvgIpc) is 3.36. The molecule has 0 spiro atoms. The molecule has 1 aromatic heterocycles. The molecule has 260 valence electrons. The van der Waals surface area contributed by atoms with Crippen molar-refractivity contribution in [3.8, 4) is 5.75 Å². The van der Waals surface area contributed by atoms with E-state index >= 15 is 0 Å². The quantitative estimate of drug-likeness (QED) is 0.0737. The third kappa shape index (κ3) is 9.18. The summed E-state index contributed by atoms with van der Waals surface area (Å²) in [4.78, 5) is 0. The van der Waals surface area contributed by atoms with Crippen molar-refractivity contribution in [2.45, 2.75) is 53.5 Å². The van der Waals surface area contributed by atoms with Gasteiger partial charge in [0.25, 0.3) is 0 Å². The molecule has 3 aromatic carbocycles. The van der Waals surface area contributed by atoms with Crippen LogP contribution in [0.1, 0.15) is 67.0 Å². The molecule has 0 fully saturated rings. The Hall–Kier alpha value is -3.97. The molecule has 0 bridgehead atoms. The number of hydrazone groups is 1. The maximum atomic E-state index is 7.10. The van der Waals surface area contributed by atoms with E-state index in [1.165, 1.54) is 11.0 Å². The predicted octanol–water partition coefficient (Wildman–Crippen LogP) is 10.5. The van der Waals surface area contributed by atoms with Gasteiger partial charge in [-0.05, 0) is 107 Å².